The Hall–Kier alpha value is -1.47. The van der Waals surface area contributed by atoms with Gasteiger partial charge in [-0.05, 0) is 31.0 Å². The van der Waals surface area contributed by atoms with E-state index >= 15 is 0 Å². The van der Waals surface area contributed by atoms with Crippen LogP contribution >= 0.6 is 0 Å². The van der Waals surface area contributed by atoms with Crippen LogP contribution in [0.1, 0.15) is 31.4 Å². The van der Waals surface area contributed by atoms with E-state index in [1.807, 2.05) is 19.1 Å². The molecule has 1 atom stereocenters. The molecule has 0 fully saturated rings. The number of amides is 1. The van der Waals surface area contributed by atoms with Gasteiger partial charge in [-0.2, -0.15) is 0 Å². The van der Waals surface area contributed by atoms with Gasteiger partial charge in [0.15, 0.2) is 0 Å². The maximum absolute atomic E-state index is 11.9. The van der Waals surface area contributed by atoms with Crippen molar-refractivity contribution >= 4 is 15.9 Å². The first-order chi connectivity index (χ1) is 8.81. The summed E-state index contributed by atoms with van der Waals surface area (Å²) in [5.41, 5.74) is 0.984. The van der Waals surface area contributed by atoms with E-state index in [-0.39, 0.29) is 30.5 Å². The topological polar surface area (TPSA) is 93.4 Å². The van der Waals surface area contributed by atoms with Gasteiger partial charge in [-0.1, -0.05) is 0 Å². The number of carbonyl (C=O) groups is 1. The molecule has 1 aromatic heterocycles. The molecule has 0 aromatic carbocycles. The maximum atomic E-state index is 11.9. The summed E-state index contributed by atoms with van der Waals surface area (Å²) in [6.45, 7) is 1.91. The Morgan fingerprint density at radius 2 is 2.00 bits per heavy atom. The number of nitrogens with zero attached hydrogens (tertiary/aromatic N) is 2. The van der Waals surface area contributed by atoms with Gasteiger partial charge >= 0.3 is 0 Å². The molecule has 0 saturated carbocycles. The number of nitrogens with two attached hydrogens (primary N) is 1. The number of primary sulfonamides is 1. The van der Waals surface area contributed by atoms with Gasteiger partial charge in [0, 0.05) is 25.9 Å². The zero-order valence-electron chi connectivity index (χ0n) is 11.1. The molecule has 1 rings (SSSR count). The SMILES string of the molecule is CC(c1ccncc1)N(C)C(=O)CCCS(N)(=O)=O. The lowest BCUT2D eigenvalue weighted by atomic mass is 10.1. The van der Waals surface area contributed by atoms with Gasteiger partial charge in [-0.3, -0.25) is 9.78 Å². The third-order valence-electron chi connectivity index (χ3n) is 2.98. The zero-order valence-corrected chi connectivity index (χ0v) is 11.9. The van der Waals surface area contributed by atoms with E-state index in [2.05, 4.69) is 4.98 Å². The minimum absolute atomic E-state index is 0.0787. The number of pyridine rings is 1. The zero-order chi connectivity index (χ0) is 14.5. The van der Waals surface area contributed by atoms with Crippen molar-refractivity contribution < 1.29 is 13.2 Å². The fourth-order valence-corrected chi connectivity index (χ4v) is 2.23. The lowest BCUT2D eigenvalue weighted by molar-refractivity contribution is -0.131. The highest BCUT2D eigenvalue weighted by molar-refractivity contribution is 7.89. The highest BCUT2D eigenvalue weighted by atomic mass is 32.2. The first-order valence-corrected chi connectivity index (χ1v) is 7.69. The number of rotatable bonds is 6. The smallest absolute Gasteiger partial charge is 0.222 e. The number of sulfonamides is 1. The molecule has 0 saturated heterocycles. The Bertz CT molecular complexity index is 516. The van der Waals surface area contributed by atoms with Crippen molar-refractivity contribution in [2.45, 2.75) is 25.8 Å². The summed E-state index contributed by atoms with van der Waals surface area (Å²) >= 11 is 0. The molecule has 1 heterocycles. The van der Waals surface area contributed by atoms with Gasteiger partial charge in [0.25, 0.3) is 0 Å². The van der Waals surface area contributed by atoms with Crippen LogP contribution in [0.3, 0.4) is 0 Å². The van der Waals surface area contributed by atoms with Crippen molar-refractivity contribution in [3.8, 4) is 0 Å². The minimum Gasteiger partial charge on any atom is -0.339 e. The van der Waals surface area contributed by atoms with E-state index < -0.39 is 10.0 Å². The average Bonchev–Trinajstić information content (AvgIpc) is 2.36. The second-order valence-corrected chi connectivity index (χ2v) is 6.17. The summed E-state index contributed by atoms with van der Waals surface area (Å²) in [5.74, 6) is -0.274. The quantitative estimate of drug-likeness (QED) is 0.831. The summed E-state index contributed by atoms with van der Waals surface area (Å²) < 4.78 is 21.6. The van der Waals surface area contributed by atoms with Crippen LogP contribution in [0.5, 0.6) is 0 Å². The second-order valence-electron chi connectivity index (χ2n) is 4.43. The standard InChI is InChI=1S/C12H19N3O3S/c1-10(11-5-7-14-8-6-11)15(2)12(16)4-3-9-19(13,17)18/h5-8,10H,3-4,9H2,1-2H3,(H2,13,17,18). The van der Waals surface area contributed by atoms with E-state index in [0.29, 0.717) is 0 Å². The summed E-state index contributed by atoms with van der Waals surface area (Å²) in [6.07, 6.45) is 3.75. The first kappa shape index (κ1) is 15.6. The third kappa shape index (κ3) is 5.35. The lowest BCUT2D eigenvalue weighted by Gasteiger charge is -2.25. The molecule has 1 unspecified atom stereocenters. The van der Waals surface area contributed by atoms with E-state index in [1.165, 1.54) is 0 Å². The van der Waals surface area contributed by atoms with Crippen LogP contribution in [0.15, 0.2) is 24.5 Å². The van der Waals surface area contributed by atoms with E-state index in [0.717, 1.165) is 5.56 Å². The van der Waals surface area contributed by atoms with Crippen molar-refractivity contribution in [3.05, 3.63) is 30.1 Å². The third-order valence-corrected chi connectivity index (χ3v) is 3.84. The lowest BCUT2D eigenvalue weighted by Crippen LogP contribution is -2.30. The highest BCUT2D eigenvalue weighted by Gasteiger charge is 2.17. The van der Waals surface area contributed by atoms with Gasteiger partial charge in [-0.15, -0.1) is 0 Å². The van der Waals surface area contributed by atoms with Crippen molar-refractivity contribution in [3.63, 3.8) is 0 Å². The molecule has 0 aliphatic heterocycles. The van der Waals surface area contributed by atoms with Gasteiger partial charge in [0.05, 0.1) is 11.8 Å². The fraction of sp³-hybridized carbons (Fsp3) is 0.500. The molecule has 0 radical (unpaired) electrons. The van der Waals surface area contributed by atoms with Crippen molar-refractivity contribution in [2.24, 2.45) is 5.14 Å². The molecule has 0 aliphatic carbocycles. The normalized spacial score (nSPS) is 13.0. The summed E-state index contributed by atoms with van der Waals surface area (Å²) in [7, 11) is -1.80. The van der Waals surface area contributed by atoms with Crippen LogP contribution in [0.2, 0.25) is 0 Å². The van der Waals surface area contributed by atoms with Gasteiger partial charge in [0.1, 0.15) is 0 Å². The Morgan fingerprint density at radius 3 is 2.53 bits per heavy atom. The molecule has 0 aliphatic rings. The number of aromatic nitrogens is 1. The molecule has 106 valence electrons. The van der Waals surface area contributed by atoms with Gasteiger partial charge in [-0.25, -0.2) is 13.6 Å². The fourth-order valence-electron chi connectivity index (χ4n) is 1.68. The van der Waals surface area contributed by atoms with E-state index in [9.17, 15) is 13.2 Å². The minimum atomic E-state index is -3.50. The molecule has 19 heavy (non-hydrogen) atoms. The van der Waals surface area contributed by atoms with Crippen molar-refractivity contribution in [1.82, 2.24) is 9.88 Å². The van der Waals surface area contributed by atoms with Gasteiger partial charge in [0.2, 0.25) is 15.9 Å². The van der Waals surface area contributed by atoms with Crippen LogP contribution in [-0.2, 0) is 14.8 Å². The predicted octanol–water partition coefficient (Wildman–Crippen LogP) is 0.670. The summed E-state index contributed by atoms with van der Waals surface area (Å²) in [5, 5.41) is 4.89. The first-order valence-electron chi connectivity index (χ1n) is 5.97. The molecule has 7 heteroatoms. The Kier molecular flexibility index (Phi) is 5.44. The molecular formula is C12H19N3O3S. The van der Waals surface area contributed by atoms with Crippen LogP contribution < -0.4 is 5.14 Å². The molecule has 1 amide bonds. The van der Waals surface area contributed by atoms with E-state index in [4.69, 9.17) is 5.14 Å². The van der Waals surface area contributed by atoms with Crippen LogP contribution in [0.25, 0.3) is 0 Å². The Balaban J connectivity index is 2.53. The summed E-state index contributed by atoms with van der Waals surface area (Å²) in [6, 6.07) is 3.61. The number of hydrogen-bond acceptors (Lipinski definition) is 4. The van der Waals surface area contributed by atoms with Gasteiger partial charge < -0.3 is 4.90 Å². The van der Waals surface area contributed by atoms with Crippen molar-refractivity contribution in [2.75, 3.05) is 12.8 Å². The highest BCUT2D eigenvalue weighted by Crippen LogP contribution is 2.18. The van der Waals surface area contributed by atoms with Crippen LogP contribution in [-0.4, -0.2) is 37.0 Å². The molecular weight excluding hydrogens is 266 g/mol. The maximum Gasteiger partial charge on any atom is 0.222 e. The van der Waals surface area contributed by atoms with Crippen LogP contribution in [0, 0.1) is 0 Å². The second kappa shape index (κ2) is 6.63. The average molecular weight is 285 g/mol. The predicted molar refractivity (Wildman–Crippen MR) is 72.6 cm³/mol. The largest absolute Gasteiger partial charge is 0.339 e. The Labute approximate surface area is 113 Å². The van der Waals surface area contributed by atoms with E-state index in [1.54, 1.807) is 24.3 Å². The molecule has 0 bridgehead atoms. The van der Waals surface area contributed by atoms with Crippen molar-refractivity contribution in [1.29, 1.82) is 0 Å². The van der Waals surface area contributed by atoms with Crippen LogP contribution in [0.4, 0.5) is 0 Å². The molecule has 0 spiro atoms. The Morgan fingerprint density at radius 1 is 1.42 bits per heavy atom. The molecule has 1 aromatic rings. The monoisotopic (exact) mass is 285 g/mol. The summed E-state index contributed by atoms with van der Waals surface area (Å²) in [4.78, 5) is 17.4. The number of carbonyl (C=O) groups excluding carboxylic acids is 1. The molecule has 6 nitrogen and oxygen atoms in total. The number of hydrogen-bond donors (Lipinski definition) is 1. The molecule has 2 N–H and O–H groups in total.